The maximum absolute atomic E-state index is 6.12. The van der Waals surface area contributed by atoms with Crippen LogP contribution in [0.15, 0.2) is 46.9 Å². The lowest BCUT2D eigenvalue weighted by Crippen LogP contribution is -2.17. The molecule has 21 heavy (non-hydrogen) atoms. The van der Waals surface area contributed by atoms with Crippen molar-refractivity contribution in [2.75, 3.05) is 7.05 Å². The van der Waals surface area contributed by atoms with Crippen molar-refractivity contribution in [3.05, 3.63) is 70.5 Å². The molecule has 1 unspecified atom stereocenters. The summed E-state index contributed by atoms with van der Waals surface area (Å²) in [6.45, 7) is 6.35. The Bertz CT molecular complexity index is 765. The first kappa shape index (κ1) is 13.9. The van der Waals surface area contributed by atoms with E-state index in [4.69, 9.17) is 4.42 Å². The second kappa shape index (κ2) is 5.38. The molecule has 1 atom stereocenters. The first-order chi connectivity index (χ1) is 10.1. The summed E-state index contributed by atoms with van der Waals surface area (Å²) in [6, 6.07) is 15.1. The highest BCUT2D eigenvalue weighted by Crippen LogP contribution is 2.30. The summed E-state index contributed by atoms with van der Waals surface area (Å²) >= 11 is 0. The fourth-order valence-electron chi connectivity index (χ4n) is 3.02. The molecule has 3 rings (SSSR count). The van der Waals surface area contributed by atoms with Gasteiger partial charge < -0.3 is 9.73 Å². The van der Waals surface area contributed by atoms with Gasteiger partial charge in [-0.05, 0) is 45.0 Å². The largest absolute Gasteiger partial charge is 0.459 e. The highest BCUT2D eigenvalue weighted by atomic mass is 16.3. The molecule has 0 spiro atoms. The number of nitrogens with one attached hydrogen (secondary N) is 1. The number of rotatable bonds is 3. The number of hydrogen-bond acceptors (Lipinski definition) is 2. The molecule has 2 nitrogen and oxygen atoms in total. The summed E-state index contributed by atoms with van der Waals surface area (Å²) in [6.07, 6.45) is 0. The van der Waals surface area contributed by atoms with E-state index in [9.17, 15) is 0 Å². The zero-order chi connectivity index (χ0) is 15.0. The second-order valence-electron chi connectivity index (χ2n) is 5.78. The smallest absolute Gasteiger partial charge is 0.137 e. The molecule has 108 valence electrons. The monoisotopic (exact) mass is 279 g/mol. The molecule has 0 saturated heterocycles. The summed E-state index contributed by atoms with van der Waals surface area (Å²) in [4.78, 5) is 0. The fourth-order valence-corrected chi connectivity index (χ4v) is 3.02. The molecule has 2 heteroatoms. The third-order valence-corrected chi connectivity index (χ3v) is 3.91. The average molecular weight is 279 g/mol. The van der Waals surface area contributed by atoms with E-state index in [0.29, 0.717) is 0 Å². The Hall–Kier alpha value is -2.06. The molecule has 0 aliphatic heterocycles. The normalized spacial score (nSPS) is 12.8. The lowest BCUT2D eigenvalue weighted by Gasteiger charge is -2.15. The first-order valence-corrected chi connectivity index (χ1v) is 7.33. The van der Waals surface area contributed by atoms with Gasteiger partial charge >= 0.3 is 0 Å². The van der Waals surface area contributed by atoms with Crippen LogP contribution >= 0.6 is 0 Å². The predicted molar refractivity (Wildman–Crippen MR) is 87.8 cm³/mol. The minimum Gasteiger partial charge on any atom is -0.459 e. The van der Waals surface area contributed by atoms with Gasteiger partial charge in [0.15, 0.2) is 0 Å². The van der Waals surface area contributed by atoms with Crippen LogP contribution in [0.1, 0.15) is 34.1 Å². The molecule has 3 aromatic rings. The molecular weight excluding hydrogens is 258 g/mol. The van der Waals surface area contributed by atoms with Crippen LogP contribution in [-0.2, 0) is 0 Å². The minimum atomic E-state index is 0.0791. The SMILES string of the molecule is CNC(c1cc(C)cc(C)c1)c1cc2cccc(C)c2o1. The number of para-hydroxylation sites is 1. The molecule has 0 bridgehead atoms. The Morgan fingerprint density at radius 3 is 2.29 bits per heavy atom. The number of furan rings is 1. The van der Waals surface area contributed by atoms with Crippen molar-refractivity contribution >= 4 is 11.0 Å². The summed E-state index contributed by atoms with van der Waals surface area (Å²) in [5.41, 5.74) is 5.95. The molecule has 0 aliphatic rings. The predicted octanol–water partition coefficient (Wildman–Crippen LogP) is 4.67. The van der Waals surface area contributed by atoms with Gasteiger partial charge in [-0.25, -0.2) is 0 Å². The zero-order valence-electron chi connectivity index (χ0n) is 13.0. The van der Waals surface area contributed by atoms with Crippen LogP contribution in [0.5, 0.6) is 0 Å². The van der Waals surface area contributed by atoms with Crippen molar-refractivity contribution in [2.45, 2.75) is 26.8 Å². The van der Waals surface area contributed by atoms with Crippen LogP contribution in [-0.4, -0.2) is 7.05 Å². The lowest BCUT2D eigenvalue weighted by molar-refractivity contribution is 0.490. The maximum atomic E-state index is 6.12. The van der Waals surface area contributed by atoms with E-state index in [1.165, 1.54) is 22.3 Å². The number of aryl methyl sites for hydroxylation is 3. The number of benzene rings is 2. The topological polar surface area (TPSA) is 25.2 Å². The van der Waals surface area contributed by atoms with E-state index in [-0.39, 0.29) is 6.04 Å². The summed E-state index contributed by atoms with van der Waals surface area (Å²) in [7, 11) is 1.97. The summed E-state index contributed by atoms with van der Waals surface area (Å²) in [5, 5.41) is 4.54. The van der Waals surface area contributed by atoms with Crippen LogP contribution in [0.2, 0.25) is 0 Å². The fraction of sp³-hybridized carbons (Fsp3) is 0.263. The molecule has 0 radical (unpaired) electrons. The maximum Gasteiger partial charge on any atom is 0.137 e. The van der Waals surface area contributed by atoms with Gasteiger partial charge in [0.1, 0.15) is 11.3 Å². The number of hydrogen-bond donors (Lipinski definition) is 1. The summed E-state index contributed by atoms with van der Waals surface area (Å²) < 4.78 is 6.12. The van der Waals surface area contributed by atoms with Gasteiger partial charge in [0, 0.05) is 5.39 Å². The summed E-state index contributed by atoms with van der Waals surface area (Å²) in [5.74, 6) is 0.965. The highest BCUT2D eigenvalue weighted by Gasteiger charge is 2.18. The standard InChI is InChI=1S/C19H21NO/c1-12-8-13(2)10-16(9-12)18(20-4)17-11-15-7-5-6-14(3)19(15)21-17/h5-11,18,20H,1-4H3. The van der Waals surface area contributed by atoms with Gasteiger partial charge in [0.25, 0.3) is 0 Å². The Labute approximate surface area is 125 Å². The van der Waals surface area contributed by atoms with Gasteiger partial charge in [-0.3, -0.25) is 0 Å². The molecule has 0 saturated carbocycles. The quantitative estimate of drug-likeness (QED) is 0.754. The van der Waals surface area contributed by atoms with E-state index in [0.717, 1.165) is 16.7 Å². The van der Waals surface area contributed by atoms with Gasteiger partial charge in [0.2, 0.25) is 0 Å². The van der Waals surface area contributed by atoms with Crippen molar-refractivity contribution in [2.24, 2.45) is 0 Å². The van der Waals surface area contributed by atoms with Crippen LogP contribution in [0, 0.1) is 20.8 Å². The third-order valence-electron chi connectivity index (χ3n) is 3.91. The first-order valence-electron chi connectivity index (χ1n) is 7.33. The minimum absolute atomic E-state index is 0.0791. The molecule has 1 aromatic heterocycles. The molecular formula is C19H21NO. The molecule has 0 amide bonds. The Kier molecular flexibility index (Phi) is 3.56. The van der Waals surface area contributed by atoms with E-state index < -0.39 is 0 Å². The van der Waals surface area contributed by atoms with Crippen molar-refractivity contribution in [3.63, 3.8) is 0 Å². The van der Waals surface area contributed by atoms with Gasteiger partial charge in [-0.15, -0.1) is 0 Å². The van der Waals surface area contributed by atoms with E-state index in [1.54, 1.807) is 0 Å². The molecule has 0 aliphatic carbocycles. The van der Waals surface area contributed by atoms with E-state index >= 15 is 0 Å². The van der Waals surface area contributed by atoms with Gasteiger partial charge in [-0.2, -0.15) is 0 Å². The van der Waals surface area contributed by atoms with E-state index in [2.05, 4.69) is 68.6 Å². The Morgan fingerprint density at radius 1 is 0.952 bits per heavy atom. The van der Waals surface area contributed by atoms with Gasteiger partial charge in [0.05, 0.1) is 6.04 Å². The third kappa shape index (κ3) is 2.59. The molecule has 1 N–H and O–H groups in total. The Morgan fingerprint density at radius 2 is 1.67 bits per heavy atom. The van der Waals surface area contributed by atoms with Crippen molar-refractivity contribution in [1.82, 2.24) is 5.32 Å². The van der Waals surface area contributed by atoms with Crippen LogP contribution in [0.3, 0.4) is 0 Å². The van der Waals surface area contributed by atoms with Crippen molar-refractivity contribution in [3.8, 4) is 0 Å². The van der Waals surface area contributed by atoms with Crippen LogP contribution in [0.4, 0.5) is 0 Å². The van der Waals surface area contributed by atoms with Crippen LogP contribution < -0.4 is 5.32 Å². The van der Waals surface area contributed by atoms with Crippen molar-refractivity contribution < 1.29 is 4.42 Å². The highest BCUT2D eigenvalue weighted by molar-refractivity contribution is 5.81. The second-order valence-corrected chi connectivity index (χ2v) is 5.78. The van der Waals surface area contributed by atoms with Gasteiger partial charge in [-0.1, -0.05) is 47.5 Å². The molecule has 2 aromatic carbocycles. The number of fused-ring (bicyclic) bond motifs is 1. The van der Waals surface area contributed by atoms with E-state index in [1.807, 2.05) is 7.05 Å². The zero-order valence-corrected chi connectivity index (χ0v) is 13.0. The van der Waals surface area contributed by atoms with Crippen LogP contribution in [0.25, 0.3) is 11.0 Å². The average Bonchev–Trinajstić information content (AvgIpc) is 2.83. The molecule has 0 fully saturated rings. The lowest BCUT2D eigenvalue weighted by atomic mass is 9.99. The molecule has 1 heterocycles. The van der Waals surface area contributed by atoms with Crippen molar-refractivity contribution in [1.29, 1.82) is 0 Å². The Balaban J connectivity index is 2.11.